The van der Waals surface area contributed by atoms with Gasteiger partial charge in [-0.15, -0.1) is 11.3 Å². The van der Waals surface area contributed by atoms with Gasteiger partial charge in [0.15, 0.2) is 6.61 Å². The summed E-state index contributed by atoms with van der Waals surface area (Å²) in [4.78, 5) is 33.7. The summed E-state index contributed by atoms with van der Waals surface area (Å²) in [6.07, 6.45) is 0. The molecule has 2 aromatic heterocycles. The Labute approximate surface area is 136 Å². The number of nitrogens with zero attached hydrogens (tertiary/aromatic N) is 2. The van der Waals surface area contributed by atoms with Crippen LogP contribution in [0.2, 0.25) is 0 Å². The smallest absolute Gasteiger partial charge is 0.316 e. The van der Waals surface area contributed by atoms with Crippen LogP contribution in [-0.2, 0) is 14.3 Å². The standard InChI is InChI=1S/C14H17N3O3S2/c1-7-8(2)22-14-12(7)13(16-9(3)17-14)21-6-11(19)20-5-10(18)15-4/h5-6H2,1-4H3,(H,15,18). The number of thiophene rings is 1. The third-order valence-corrected chi connectivity index (χ3v) is 5.13. The number of ether oxygens (including phenoxy) is 1. The summed E-state index contributed by atoms with van der Waals surface area (Å²) in [6.45, 7) is 5.65. The Bertz CT molecular complexity index is 728. The molecule has 0 spiro atoms. The fourth-order valence-corrected chi connectivity index (χ4v) is 3.87. The minimum Gasteiger partial charge on any atom is -0.455 e. The van der Waals surface area contributed by atoms with E-state index >= 15 is 0 Å². The zero-order valence-electron chi connectivity index (χ0n) is 12.8. The Morgan fingerprint density at radius 3 is 2.68 bits per heavy atom. The van der Waals surface area contributed by atoms with E-state index in [9.17, 15) is 9.59 Å². The van der Waals surface area contributed by atoms with E-state index in [4.69, 9.17) is 4.74 Å². The van der Waals surface area contributed by atoms with Gasteiger partial charge in [-0.3, -0.25) is 9.59 Å². The molecule has 2 rings (SSSR count). The largest absolute Gasteiger partial charge is 0.455 e. The number of thioether (sulfide) groups is 1. The van der Waals surface area contributed by atoms with Crippen molar-refractivity contribution in [2.45, 2.75) is 25.8 Å². The molecule has 0 saturated carbocycles. The topological polar surface area (TPSA) is 81.2 Å². The number of nitrogens with one attached hydrogen (secondary N) is 1. The number of aromatic nitrogens is 2. The van der Waals surface area contributed by atoms with E-state index < -0.39 is 5.97 Å². The van der Waals surface area contributed by atoms with E-state index in [-0.39, 0.29) is 18.3 Å². The van der Waals surface area contributed by atoms with Gasteiger partial charge in [0, 0.05) is 17.3 Å². The molecule has 22 heavy (non-hydrogen) atoms. The van der Waals surface area contributed by atoms with Gasteiger partial charge in [-0.05, 0) is 26.3 Å². The summed E-state index contributed by atoms with van der Waals surface area (Å²) in [6, 6.07) is 0. The lowest BCUT2D eigenvalue weighted by Crippen LogP contribution is -2.25. The molecule has 0 bridgehead atoms. The lowest BCUT2D eigenvalue weighted by atomic mass is 10.2. The fraction of sp³-hybridized carbons (Fsp3) is 0.429. The first-order valence-corrected chi connectivity index (χ1v) is 8.46. The van der Waals surface area contributed by atoms with Crippen LogP contribution in [0.15, 0.2) is 5.03 Å². The third-order valence-electron chi connectivity index (χ3n) is 3.08. The molecule has 0 aliphatic heterocycles. The van der Waals surface area contributed by atoms with Gasteiger partial charge in [-0.25, -0.2) is 9.97 Å². The highest BCUT2D eigenvalue weighted by atomic mass is 32.2. The van der Waals surface area contributed by atoms with Crippen molar-refractivity contribution >= 4 is 45.2 Å². The lowest BCUT2D eigenvalue weighted by molar-refractivity contribution is -0.145. The van der Waals surface area contributed by atoms with Crippen LogP contribution in [0, 0.1) is 20.8 Å². The van der Waals surface area contributed by atoms with E-state index in [1.807, 2.05) is 20.8 Å². The summed E-state index contributed by atoms with van der Waals surface area (Å²) in [5, 5.41) is 4.17. The second-order valence-corrected chi connectivity index (χ2v) is 6.83. The average Bonchev–Trinajstić information content (AvgIpc) is 2.76. The number of esters is 1. The van der Waals surface area contributed by atoms with Crippen LogP contribution >= 0.6 is 23.1 Å². The molecule has 8 heteroatoms. The molecule has 1 amide bonds. The first-order chi connectivity index (χ1) is 10.4. The van der Waals surface area contributed by atoms with Crippen molar-refractivity contribution in [2.75, 3.05) is 19.4 Å². The number of carbonyl (C=O) groups excluding carboxylic acids is 2. The Hall–Kier alpha value is -1.67. The van der Waals surface area contributed by atoms with Crippen LogP contribution in [0.25, 0.3) is 10.2 Å². The van der Waals surface area contributed by atoms with Crippen molar-refractivity contribution in [1.29, 1.82) is 0 Å². The van der Waals surface area contributed by atoms with Crippen molar-refractivity contribution in [3.8, 4) is 0 Å². The summed E-state index contributed by atoms with van der Waals surface area (Å²) >= 11 is 2.93. The molecule has 2 heterocycles. The van der Waals surface area contributed by atoms with Crippen molar-refractivity contribution in [2.24, 2.45) is 0 Å². The highest BCUT2D eigenvalue weighted by Crippen LogP contribution is 2.34. The van der Waals surface area contributed by atoms with Crippen molar-refractivity contribution in [3.63, 3.8) is 0 Å². The molecule has 0 radical (unpaired) electrons. The second kappa shape index (κ2) is 7.06. The van der Waals surface area contributed by atoms with Gasteiger partial charge in [0.1, 0.15) is 15.7 Å². The molecular formula is C14H17N3O3S2. The van der Waals surface area contributed by atoms with Crippen LogP contribution in [0.5, 0.6) is 0 Å². The van der Waals surface area contributed by atoms with E-state index in [2.05, 4.69) is 15.3 Å². The molecule has 0 saturated heterocycles. The molecule has 0 unspecified atom stereocenters. The summed E-state index contributed by atoms with van der Waals surface area (Å²) in [7, 11) is 1.49. The predicted octanol–water partition coefficient (Wildman–Crippen LogP) is 2.00. The number of carbonyl (C=O) groups is 2. The summed E-state index contributed by atoms with van der Waals surface area (Å²) in [5.74, 6) is 0.0113. The second-order valence-electron chi connectivity index (χ2n) is 4.66. The first-order valence-electron chi connectivity index (χ1n) is 6.65. The highest BCUT2D eigenvalue weighted by molar-refractivity contribution is 8.00. The highest BCUT2D eigenvalue weighted by Gasteiger charge is 2.15. The van der Waals surface area contributed by atoms with E-state index in [0.717, 1.165) is 20.8 Å². The molecule has 0 aliphatic rings. The minimum atomic E-state index is -0.442. The third kappa shape index (κ3) is 3.75. The normalized spacial score (nSPS) is 10.7. The number of amides is 1. The van der Waals surface area contributed by atoms with Gasteiger partial charge in [0.2, 0.25) is 0 Å². The van der Waals surface area contributed by atoms with Crippen LogP contribution < -0.4 is 5.32 Å². The van der Waals surface area contributed by atoms with Crippen molar-refractivity contribution in [1.82, 2.24) is 15.3 Å². The van der Waals surface area contributed by atoms with Crippen LogP contribution in [-0.4, -0.2) is 41.3 Å². The van der Waals surface area contributed by atoms with Crippen LogP contribution in [0.4, 0.5) is 0 Å². The van der Waals surface area contributed by atoms with Crippen molar-refractivity contribution < 1.29 is 14.3 Å². The number of aryl methyl sites for hydroxylation is 3. The van der Waals surface area contributed by atoms with Crippen LogP contribution in [0.1, 0.15) is 16.3 Å². The van der Waals surface area contributed by atoms with E-state index in [0.29, 0.717) is 5.82 Å². The van der Waals surface area contributed by atoms with Gasteiger partial charge < -0.3 is 10.1 Å². The van der Waals surface area contributed by atoms with Crippen LogP contribution in [0.3, 0.4) is 0 Å². The van der Waals surface area contributed by atoms with Gasteiger partial charge in [0.05, 0.1) is 5.75 Å². The first kappa shape index (κ1) is 16.7. The Kier molecular flexibility index (Phi) is 5.36. The molecule has 6 nitrogen and oxygen atoms in total. The summed E-state index contributed by atoms with van der Waals surface area (Å²) < 4.78 is 4.88. The predicted molar refractivity (Wildman–Crippen MR) is 87.4 cm³/mol. The number of hydrogen-bond donors (Lipinski definition) is 1. The lowest BCUT2D eigenvalue weighted by Gasteiger charge is -2.06. The molecule has 0 aliphatic carbocycles. The van der Waals surface area contributed by atoms with Gasteiger partial charge in [0.25, 0.3) is 5.91 Å². The monoisotopic (exact) mass is 339 g/mol. The SMILES string of the molecule is CNC(=O)COC(=O)CSc1nc(C)nc2sc(C)c(C)c12. The molecular weight excluding hydrogens is 322 g/mol. The molecule has 0 fully saturated rings. The molecule has 0 atom stereocenters. The van der Waals surface area contributed by atoms with Gasteiger partial charge in [-0.1, -0.05) is 11.8 Å². The Balaban J connectivity index is 2.11. The zero-order chi connectivity index (χ0) is 16.3. The fourth-order valence-electron chi connectivity index (χ4n) is 1.81. The number of likely N-dealkylation sites (N-methyl/N-ethyl adjacent to an activating group) is 1. The quantitative estimate of drug-likeness (QED) is 0.510. The minimum absolute atomic E-state index is 0.108. The zero-order valence-corrected chi connectivity index (χ0v) is 14.5. The molecule has 2 aromatic rings. The summed E-state index contributed by atoms with van der Waals surface area (Å²) in [5.41, 5.74) is 1.14. The maximum Gasteiger partial charge on any atom is 0.316 e. The Morgan fingerprint density at radius 2 is 2.00 bits per heavy atom. The van der Waals surface area contributed by atoms with E-state index in [1.54, 1.807) is 11.3 Å². The van der Waals surface area contributed by atoms with E-state index in [1.165, 1.54) is 23.7 Å². The maximum atomic E-state index is 11.7. The maximum absolute atomic E-state index is 11.7. The number of hydrogen-bond acceptors (Lipinski definition) is 7. The van der Waals surface area contributed by atoms with Gasteiger partial charge in [-0.2, -0.15) is 0 Å². The Morgan fingerprint density at radius 1 is 1.27 bits per heavy atom. The average molecular weight is 339 g/mol. The molecule has 118 valence electrons. The molecule has 0 aromatic carbocycles. The number of rotatable bonds is 5. The number of fused-ring (bicyclic) bond motifs is 1. The van der Waals surface area contributed by atoms with Gasteiger partial charge >= 0.3 is 5.97 Å². The molecule has 1 N–H and O–H groups in total. The van der Waals surface area contributed by atoms with Crippen molar-refractivity contribution in [3.05, 3.63) is 16.3 Å².